The van der Waals surface area contributed by atoms with Crippen LogP contribution in [0, 0.1) is 6.92 Å². The number of thiophene rings is 1. The van der Waals surface area contributed by atoms with Crippen LogP contribution in [0.4, 0.5) is 0 Å². The minimum atomic E-state index is -0.140. The lowest BCUT2D eigenvalue weighted by molar-refractivity contribution is 0.657. The van der Waals surface area contributed by atoms with Gasteiger partial charge in [0, 0.05) is 0 Å². The van der Waals surface area contributed by atoms with Gasteiger partial charge in [-0.15, -0.1) is 11.3 Å². The van der Waals surface area contributed by atoms with E-state index < -0.39 is 0 Å². The second kappa shape index (κ2) is 8.13. The van der Waals surface area contributed by atoms with E-state index in [-0.39, 0.29) is 11.1 Å². The Morgan fingerprint density at radius 2 is 1.81 bits per heavy atom. The Morgan fingerprint density at radius 3 is 2.65 bits per heavy atom. The van der Waals surface area contributed by atoms with E-state index in [2.05, 4.69) is 9.97 Å². The monoisotopic (exact) mass is 446 g/mol. The van der Waals surface area contributed by atoms with Gasteiger partial charge in [0.15, 0.2) is 5.16 Å². The van der Waals surface area contributed by atoms with Crippen molar-refractivity contribution in [3.05, 3.63) is 97.6 Å². The number of benzene rings is 2. The lowest BCUT2D eigenvalue weighted by atomic mass is 10.1. The van der Waals surface area contributed by atoms with Crippen LogP contribution in [0.1, 0.15) is 17.0 Å². The molecule has 0 radical (unpaired) electrons. The Bertz CT molecular complexity index is 1520. The molecule has 3 heterocycles. The van der Waals surface area contributed by atoms with E-state index in [1.54, 1.807) is 10.6 Å². The van der Waals surface area contributed by atoms with Crippen LogP contribution < -0.4 is 11.1 Å². The Labute approximate surface area is 185 Å². The number of thioether (sulfide) groups is 1. The minimum absolute atomic E-state index is 0.0802. The molecule has 8 heteroatoms. The van der Waals surface area contributed by atoms with Crippen molar-refractivity contribution in [3.8, 4) is 0 Å². The molecular weight excluding hydrogens is 428 g/mol. The van der Waals surface area contributed by atoms with Crippen LogP contribution in [0.25, 0.3) is 21.1 Å². The first-order valence-electron chi connectivity index (χ1n) is 9.73. The lowest BCUT2D eigenvalue weighted by Gasteiger charge is -2.13. The number of aryl methyl sites for hydroxylation is 1. The van der Waals surface area contributed by atoms with Gasteiger partial charge in [0.05, 0.1) is 28.7 Å². The van der Waals surface area contributed by atoms with Crippen molar-refractivity contribution in [2.75, 3.05) is 0 Å². The fourth-order valence-electron chi connectivity index (χ4n) is 3.40. The minimum Gasteiger partial charge on any atom is -0.309 e. The van der Waals surface area contributed by atoms with Gasteiger partial charge in [-0.2, -0.15) is 0 Å². The predicted octanol–water partition coefficient (Wildman–Crippen LogP) is 4.34. The Kier molecular flexibility index (Phi) is 5.17. The smallest absolute Gasteiger partial charge is 0.268 e. The van der Waals surface area contributed by atoms with Crippen LogP contribution in [0.15, 0.2) is 74.7 Å². The predicted molar refractivity (Wildman–Crippen MR) is 126 cm³/mol. The molecule has 5 rings (SSSR count). The zero-order chi connectivity index (χ0) is 21.4. The molecule has 6 nitrogen and oxygen atoms in total. The van der Waals surface area contributed by atoms with Crippen LogP contribution in [0.5, 0.6) is 0 Å². The van der Waals surface area contributed by atoms with Crippen molar-refractivity contribution in [1.29, 1.82) is 0 Å². The maximum Gasteiger partial charge on any atom is 0.268 e. The summed E-state index contributed by atoms with van der Waals surface area (Å²) < 4.78 is 2.31. The fourth-order valence-corrected chi connectivity index (χ4v) is 4.99. The van der Waals surface area contributed by atoms with Gasteiger partial charge in [0.1, 0.15) is 10.5 Å². The van der Waals surface area contributed by atoms with Gasteiger partial charge in [-0.05, 0) is 36.1 Å². The number of hydrogen-bond donors (Lipinski definition) is 1. The summed E-state index contributed by atoms with van der Waals surface area (Å²) in [7, 11) is 0. The molecule has 5 aromatic rings. The van der Waals surface area contributed by atoms with Gasteiger partial charge in [-0.3, -0.25) is 14.2 Å². The third kappa shape index (κ3) is 3.92. The number of nitrogens with one attached hydrogen (secondary N) is 1. The van der Waals surface area contributed by atoms with Crippen molar-refractivity contribution in [2.45, 2.75) is 24.4 Å². The van der Waals surface area contributed by atoms with Crippen LogP contribution in [-0.2, 0) is 12.3 Å². The molecule has 0 unspecified atom stereocenters. The average molecular weight is 447 g/mol. The van der Waals surface area contributed by atoms with Crippen molar-refractivity contribution < 1.29 is 0 Å². The Morgan fingerprint density at radius 1 is 1.00 bits per heavy atom. The van der Waals surface area contributed by atoms with E-state index in [0.717, 1.165) is 5.56 Å². The van der Waals surface area contributed by atoms with E-state index in [1.807, 2.05) is 60.8 Å². The first-order chi connectivity index (χ1) is 15.1. The molecule has 0 aliphatic rings. The highest BCUT2D eigenvalue weighted by Crippen LogP contribution is 2.23. The highest BCUT2D eigenvalue weighted by atomic mass is 32.2. The summed E-state index contributed by atoms with van der Waals surface area (Å²) in [6, 6.07) is 17.3. The normalized spacial score (nSPS) is 11.4. The molecule has 0 saturated carbocycles. The van der Waals surface area contributed by atoms with Crippen molar-refractivity contribution in [1.82, 2.24) is 19.5 Å². The molecule has 3 aromatic heterocycles. The van der Waals surface area contributed by atoms with Crippen LogP contribution in [0.2, 0.25) is 0 Å². The van der Waals surface area contributed by atoms with Gasteiger partial charge in [-0.1, -0.05) is 53.7 Å². The molecule has 0 spiro atoms. The van der Waals surface area contributed by atoms with E-state index in [9.17, 15) is 9.59 Å². The van der Waals surface area contributed by atoms with Gasteiger partial charge >= 0.3 is 0 Å². The summed E-state index contributed by atoms with van der Waals surface area (Å²) in [5, 5.41) is 3.04. The standard InChI is InChI=1S/C23H18N4O2S2/c1-14-6-8-15(9-7-14)12-27-22(29)16-4-2-3-5-17(16)25-23(27)31-13-19-24-18-10-11-30-20(18)21(28)26-19/h2-11H,12-13H2,1H3,(H,24,26,28). The highest BCUT2D eigenvalue weighted by Gasteiger charge is 2.13. The van der Waals surface area contributed by atoms with Gasteiger partial charge in [0.2, 0.25) is 0 Å². The van der Waals surface area contributed by atoms with Crippen molar-refractivity contribution in [3.63, 3.8) is 0 Å². The second-order valence-electron chi connectivity index (χ2n) is 7.22. The molecule has 31 heavy (non-hydrogen) atoms. The van der Waals surface area contributed by atoms with E-state index >= 15 is 0 Å². The Hall–Kier alpha value is -3.23. The van der Waals surface area contributed by atoms with Crippen LogP contribution in [0.3, 0.4) is 0 Å². The SMILES string of the molecule is Cc1ccc(Cn2c(SCc3nc4ccsc4c(=O)[nH]3)nc3ccccc3c2=O)cc1. The molecule has 1 N–H and O–H groups in total. The quantitative estimate of drug-likeness (QED) is 0.321. The zero-order valence-electron chi connectivity index (χ0n) is 16.7. The summed E-state index contributed by atoms with van der Waals surface area (Å²) in [6.45, 7) is 2.46. The number of aromatic amines is 1. The topological polar surface area (TPSA) is 80.6 Å². The average Bonchev–Trinajstić information content (AvgIpc) is 3.25. The van der Waals surface area contributed by atoms with Gasteiger partial charge in [-0.25, -0.2) is 9.97 Å². The molecular formula is C23H18N4O2S2. The van der Waals surface area contributed by atoms with E-state index in [4.69, 9.17) is 4.98 Å². The zero-order valence-corrected chi connectivity index (χ0v) is 18.3. The summed E-state index contributed by atoms with van der Waals surface area (Å²) in [5.41, 5.74) is 3.32. The van der Waals surface area contributed by atoms with Crippen LogP contribution >= 0.6 is 23.1 Å². The largest absolute Gasteiger partial charge is 0.309 e. The molecule has 0 bridgehead atoms. The molecule has 0 aliphatic carbocycles. The fraction of sp³-hybridized carbons (Fsp3) is 0.130. The number of nitrogens with zero attached hydrogens (tertiary/aromatic N) is 3. The van der Waals surface area contributed by atoms with Crippen molar-refractivity contribution in [2.24, 2.45) is 0 Å². The summed E-state index contributed by atoms with van der Waals surface area (Å²) >= 11 is 2.77. The summed E-state index contributed by atoms with van der Waals surface area (Å²) in [5.74, 6) is 0.963. The molecule has 0 saturated heterocycles. The second-order valence-corrected chi connectivity index (χ2v) is 9.08. The number of aromatic nitrogens is 4. The third-order valence-corrected chi connectivity index (χ3v) is 6.88. The lowest BCUT2D eigenvalue weighted by Crippen LogP contribution is -2.24. The van der Waals surface area contributed by atoms with Gasteiger partial charge in [0.25, 0.3) is 11.1 Å². The number of rotatable bonds is 5. The van der Waals surface area contributed by atoms with E-state index in [1.165, 1.54) is 28.7 Å². The molecule has 0 atom stereocenters. The van der Waals surface area contributed by atoms with Gasteiger partial charge < -0.3 is 4.98 Å². The number of H-pyrrole nitrogens is 1. The molecule has 2 aromatic carbocycles. The maximum absolute atomic E-state index is 13.3. The first-order valence-corrected chi connectivity index (χ1v) is 11.6. The van der Waals surface area contributed by atoms with Crippen molar-refractivity contribution >= 4 is 44.2 Å². The molecule has 154 valence electrons. The number of fused-ring (bicyclic) bond motifs is 2. The maximum atomic E-state index is 13.3. The molecule has 0 aliphatic heterocycles. The summed E-state index contributed by atoms with van der Waals surface area (Å²) in [6.07, 6.45) is 0. The van der Waals surface area contributed by atoms with E-state index in [0.29, 0.717) is 44.4 Å². The Balaban J connectivity index is 1.54. The third-order valence-electron chi connectivity index (χ3n) is 4.99. The number of hydrogen-bond acceptors (Lipinski definition) is 6. The first kappa shape index (κ1) is 19.7. The van der Waals surface area contributed by atoms with Crippen LogP contribution in [-0.4, -0.2) is 19.5 Å². The molecule has 0 fully saturated rings. The summed E-state index contributed by atoms with van der Waals surface area (Å²) in [4.78, 5) is 37.7. The molecule has 0 amide bonds. The number of para-hydroxylation sites is 1. The highest BCUT2D eigenvalue weighted by molar-refractivity contribution is 7.98.